The van der Waals surface area contributed by atoms with Crippen molar-refractivity contribution in [3.63, 3.8) is 0 Å². The smallest absolute Gasteiger partial charge is 0.0582 e. The fraction of sp³-hybridized carbons (Fsp3) is 0.106. The van der Waals surface area contributed by atoms with Crippen molar-refractivity contribution in [1.82, 2.24) is 4.57 Å². The van der Waals surface area contributed by atoms with Crippen LogP contribution in [0.2, 0.25) is 0 Å². The molecule has 1 aliphatic carbocycles. The Morgan fingerprint density at radius 3 is 2.29 bits per heavy atom. The molecule has 1 aliphatic heterocycles. The summed E-state index contributed by atoms with van der Waals surface area (Å²) in [6.45, 7) is 4.77. The molecule has 8 aromatic rings. The maximum atomic E-state index is 2.52. The quantitative estimate of drug-likeness (QED) is 0.188. The van der Waals surface area contributed by atoms with Gasteiger partial charge in [0.2, 0.25) is 0 Å². The summed E-state index contributed by atoms with van der Waals surface area (Å²) in [4.78, 5) is 2.50. The van der Waals surface area contributed by atoms with E-state index in [1.165, 1.54) is 83.0 Å². The lowest BCUT2D eigenvalue weighted by Crippen LogP contribution is -2.26. The minimum Gasteiger partial charge on any atom is -0.309 e. The van der Waals surface area contributed by atoms with Gasteiger partial charge in [0.05, 0.1) is 28.1 Å². The van der Waals surface area contributed by atoms with E-state index in [0.29, 0.717) is 0 Å². The summed E-state index contributed by atoms with van der Waals surface area (Å²) in [7, 11) is 0. The first-order valence-electron chi connectivity index (χ1n) is 17.4. The van der Waals surface area contributed by atoms with E-state index in [2.05, 4.69) is 181 Å². The third kappa shape index (κ3) is 4.14. The molecular formula is C47H36N2. The van der Waals surface area contributed by atoms with Gasteiger partial charge < -0.3 is 9.47 Å². The van der Waals surface area contributed by atoms with Crippen molar-refractivity contribution in [3.05, 3.63) is 174 Å². The zero-order valence-electron chi connectivity index (χ0n) is 27.8. The Labute approximate surface area is 287 Å². The number of aromatic nitrogens is 1. The molecule has 0 saturated heterocycles. The van der Waals surface area contributed by atoms with Gasteiger partial charge in [0.25, 0.3) is 0 Å². The average molecular weight is 629 g/mol. The van der Waals surface area contributed by atoms with E-state index in [4.69, 9.17) is 0 Å². The lowest BCUT2D eigenvalue weighted by Gasteiger charge is -2.35. The van der Waals surface area contributed by atoms with Crippen molar-refractivity contribution in [2.24, 2.45) is 0 Å². The van der Waals surface area contributed by atoms with Gasteiger partial charge in [-0.05, 0) is 94.6 Å². The van der Waals surface area contributed by atoms with Gasteiger partial charge in [-0.3, -0.25) is 0 Å². The van der Waals surface area contributed by atoms with E-state index in [1.54, 1.807) is 0 Å². The van der Waals surface area contributed by atoms with Crippen LogP contribution >= 0.6 is 0 Å². The van der Waals surface area contributed by atoms with Crippen LogP contribution in [0, 0.1) is 0 Å². The average Bonchev–Trinajstić information content (AvgIpc) is 3.48. The van der Waals surface area contributed by atoms with Crippen LogP contribution in [0.4, 0.5) is 17.1 Å². The van der Waals surface area contributed by atoms with Gasteiger partial charge in [-0.15, -0.1) is 0 Å². The molecule has 0 radical (unpaired) electrons. The van der Waals surface area contributed by atoms with Crippen molar-refractivity contribution in [2.45, 2.75) is 32.1 Å². The molecule has 1 aromatic heterocycles. The number of benzene rings is 7. The molecule has 0 amide bonds. The Morgan fingerprint density at radius 2 is 1.37 bits per heavy atom. The van der Waals surface area contributed by atoms with Crippen molar-refractivity contribution in [3.8, 4) is 16.8 Å². The van der Waals surface area contributed by atoms with Gasteiger partial charge in [-0.1, -0.05) is 123 Å². The summed E-state index contributed by atoms with van der Waals surface area (Å²) in [6, 6.07) is 54.1. The molecule has 7 aromatic carbocycles. The number of fused-ring (bicyclic) bond motifs is 7. The monoisotopic (exact) mass is 628 g/mol. The normalized spacial score (nSPS) is 14.2. The molecule has 0 fully saturated rings. The Morgan fingerprint density at radius 1 is 0.592 bits per heavy atom. The summed E-state index contributed by atoms with van der Waals surface area (Å²) >= 11 is 0. The summed E-state index contributed by atoms with van der Waals surface area (Å²) in [5, 5.41) is 5.05. The standard InChI is InChI=1S/C47H36N2/c1-47(2)40-22-10-11-23-45(40)49-44-27-26-35(30-38(44)39-28-34(29-41(47)46(39)49)31-14-4-3-5-15-31)48(42-24-12-18-32-16-6-8-20-36(32)42)43-25-13-19-33-17-7-9-21-37(33)43/h3-6,8-16,18-30H,7,17H2,1-2H3. The molecule has 49 heavy (non-hydrogen) atoms. The summed E-state index contributed by atoms with van der Waals surface area (Å²) in [6.07, 6.45) is 6.80. The number of anilines is 3. The van der Waals surface area contributed by atoms with Gasteiger partial charge in [0, 0.05) is 32.8 Å². The SMILES string of the molecule is CC1(C)c2ccccc2-n2c3ccc(N(c4cccc5c4C=CCC5)c4cccc5ccccc45)cc3c3cc(-c4ccccc4)cc1c32. The number of allylic oxidation sites excluding steroid dienone is 1. The van der Waals surface area contributed by atoms with Crippen molar-refractivity contribution in [2.75, 3.05) is 4.90 Å². The molecule has 0 bridgehead atoms. The maximum Gasteiger partial charge on any atom is 0.0582 e. The Hall–Kier alpha value is -5.86. The van der Waals surface area contributed by atoms with Crippen LogP contribution in [0.5, 0.6) is 0 Å². The predicted octanol–water partition coefficient (Wildman–Crippen LogP) is 12.7. The highest BCUT2D eigenvalue weighted by atomic mass is 15.1. The number of nitrogens with zero attached hydrogens (tertiary/aromatic N) is 2. The van der Waals surface area contributed by atoms with Crippen molar-refractivity contribution >= 4 is 55.7 Å². The highest BCUT2D eigenvalue weighted by Crippen LogP contribution is 2.50. The second-order valence-corrected chi connectivity index (χ2v) is 14.1. The summed E-state index contributed by atoms with van der Waals surface area (Å²) < 4.78 is 2.52. The molecule has 2 heterocycles. The second-order valence-electron chi connectivity index (χ2n) is 14.1. The molecule has 0 N–H and O–H groups in total. The van der Waals surface area contributed by atoms with E-state index < -0.39 is 0 Å². The molecule has 2 aliphatic rings. The van der Waals surface area contributed by atoms with Gasteiger partial charge in [0.15, 0.2) is 0 Å². The predicted molar refractivity (Wildman–Crippen MR) is 208 cm³/mol. The Bertz CT molecular complexity index is 2630. The first-order valence-corrected chi connectivity index (χ1v) is 17.4. The number of para-hydroxylation sites is 1. The van der Waals surface area contributed by atoms with Gasteiger partial charge >= 0.3 is 0 Å². The first kappa shape index (κ1) is 28.2. The van der Waals surface area contributed by atoms with E-state index >= 15 is 0 Å². The number of hydrogen-bond donors (Lipinski definition) is 0. The minimum atomic E-state index is -0.155. The fourth-order valence-corrected chi connectivity index (χ4v) is 8.60. The van der Waals surface area contributed by atoms with Gasteiger partial charge in [0.1, 0.15) is 0 Å². The van der Waals surface area contributed by atoms with Gasteiger partial charge in [-0.2, -0.15) is 0 Å². The molecule has 10 rings (SSSR count). The topological polar surface area (TPSA) is 8.17 Å². The molecule has 234 valence electrons. The fourth-order valence-electron chi connectivity index (χ4n) is 8.60. The Balaban J connectivity index is 1.31. The van der Waals surface area contributed by atoms with Crippen LogP contribution in [0.25, 0.3) is 55.5 Å². The third-order valence-corrected chi connectivity index (χ3v) is 11.0. The van der Waals surface area contributed by atoms with E-state index in [-0.39, 0.29) is 5.41 Å². The number of hydrogen-bond acceptors (Lipinski definition) is 1. The zero-order valence-corrected chi connectivity index (χ0v) is 27.8. The zero-order chi connectivity index (χ0) is 32.7. The van der Waals surface area contributed by atoms with Crippen molar-refractivity contribution in [1.29, 1.82) is 0 Å². The molecule has 0 saturated carbocycles. The van der Waals surface area contributed by atoms with Crippen LogP contribution in [0.15, 0.2) is 152 Å². The van der Waals surface area contributed by atoms with Crippen LogP contribution in [-0.2, 0) is 11.8 Å². The third-order valence-electron chi connectivity index (χ3n) is 11.0. The molecule has 2 heteroatoms. The van der Waals surface area contributed by atoms with E-state index in [9.17, 15) is 0 Å². The molecule has 0 atom stereocenters. The van der Waals surface area contributed by atoms with E-state index in [1.807, 2.05) is 0 Å². The molecule has 0 unspecified atom stereocenters. The first-order chi connectivity index (χ1) is 24.1. The van der Waals surface area contributed by atoms with Crippen LogP contribution < -0.4 is 4.90 Å². The molecule has 2 nitrogen and oxygen atoms in total. The van der Waals surface area contributed by atoms with E-state index in [0.717, 1.165) is 18.5 Å². The largest absolute Gasteiger partial charge is 0.309 e. The lowest BCUT2D eigenvalue weighted by atomic mass is 9.74. The van der Waals surface area contributed by atoms with Gasteiger partial charge in [-0.25, -0.2) is 0 Å². The molecule has 0 spiro atoms. The van der Waals surface area contributed by atoms with Crippen LogP contribution in [0.3, 0.4) is 0 Å². The summed E-state index contributed by atoms with van der Waals surface area (Å²) in [5.41, 5.74) is 15.2. The Kier molecular flexibility index (Phi) is 6.08. The van der Waals surface area contributed by atoms with Crippen LogP contribution in [0.1, 0.15) is 42.5 Å². The number of aryl methyl sites for hydroxylation is 1. The maximum absolute atomic E-state index is 2.52. The lowest BCUT2D eigenvalue weighted by molar-refractivity contribution is 0.630. The second kappa shape index (κ2) is 10.6. The highest BCUT2D eigenvalue weighted by molar-refractivity contribution is 6.14. The van der Waals surface area contributed by atoms with Crippen molar-refractivity contribution < 1.29 is 0 Å². The molecular weight excluding hydrogens is 593 g/mol. The highest BCUT2D eigenvalue weighted by Gasteiger charge is 2.35. The minimum absolute atomic E-state index is 0.155. The summed E-state index contributed by atoms with van der Waals surface area (Å²) in [5.74, 6) is 0. The number of rotatable bonds is 4. The van der Waals surface area contributed by atoms with Crippen LogP contribution in [-0.4, -0.2) is 4.57 Å².